The molecule has 102 valence electrons. The zero-order chi connectivity index (χ0) is 13.8. The normalized spacial score (nSPS) is 10.8. The smallest absolute Gasteiger partial charge is 0.221 e. The number of fused-ring (bicyclic) bond motifs is 1. The summed E-state index contributed by atoms with van der Waals surface area (Å²) in [6, 6.07) is 11.9. The highest BCUT2D eigenvalue weighted by Gasteiger charge is 2.08. The van der Waals surface area contributed by atoms with Crippen molar-refractivity contribution in [1.82, 2.24) is 10.3 Å². The van der Waals surface area contributed by atoms with Crippen molar-refractivity contribution in [1.29, 1.82) is 0 Å². The van der Waals surface area contributed by atoms with E-state index in [1.54, 1.807) is 6.26 Å². The molecule has 0 aliphatic heterocycles. The van der Waals surface area contributed by atoms with Crippen LogP contribution >= 0.6 is 0 Å². The third-order valence-electron chi connectivity index (χ3n) is 3.14. The fraction of sp³-hybridized carbons (Fsp3) is 0.188. The molecule has 0 bridgehead atoms. The number of hydrogen-bond acceptors (Lipinski definition) is 4. The summed E-state index contributed by atoms with van der Waals surface area (Å²) in [4.78, 5) is 4.42. The lowest BCUT2D eigenvalue weighted by Gasteiger charge is -2.10. The average Bonchev–Trinajstić information content (AvgIpc) is 3.00. The molecule has 2 aromatic heterocycles. The van der Waals surface area contributed by atoms with E-state index in [1.807, 2.05) is 43.6 Å². The SMILES string of the molecule is CNCc1cnc(OCc2ccco2)c2ccccc12. The van der Waals surface area contributed by atoms with Crippen LogP contribution in [0.3, 0.4) is 0 Å². The van der Waals surface area contributed by atoms with Crippen LogP contribution in [0.1, 0.15) is 11.3 Å². The lowest BCUT2D eigenvalue weighted by Crippen LogP contribution is -2.06. The van der Waals surface area contributed by atoms with Gasteiger partial charge < -0.3 is 14.5 Å². The number of ether oxygens (including phenoxy) is 1. The fourth-order valence-electron chi connectivity index (χ4n) is 2.21. The van der Waals surface area contributed by atoms with Crippen LogP contribution in [-0.4, -0.2) is 12.0 Å². The minimum absolute atomic E-state index is 0.384. The van der Waals surface area contributed by atoms with Crippen molar-refractivity contribution in [2.45, 2.75) is 13.2 Å². The Morgan fingerprint density at radius 3 is 2.75 bits per heavy atom. The molecule has 2 heterocycles. The Balaban J connectivity index is 1.93. The van der Waals surface area contributed by atoms with Crippen LogP contribution in [0.15, 0.2) is 53.3 Å². The lowest BCUT2D eigenvalue weighted by molar-refractivity contribution is 0.264. The van der Waals surface area contributed by atoms with E-state index in [1.165, 1.54) is 0 Å². The van der Waals surface area contributed by atoms with Gasteiger partial charge in [-0.25, -0.2) is 4.98 Å². The van der Waals surface area contributed by atoms with Crippen molar-refractivity contribution in [2.75, 3.05) is 7.05 Å². The van der Waals surface area contributed by atoms with E-state index >= 15 is 0 Å². The minimum Gasteiger partial charge on any atom is -0.469 e. The summed E-state index contributed by atoms with van der Waals surface area (Å²) in [6.07, 6.45) is 3.50. The van der Waals surface area contributed by atoms with Gasteiger partial charge in [-0.05, 0) is 36.2 Å². The van der Waals surface area contributed by atoms with Crippen molar-refractivity contribution in [3.05, 3.63) is 60.2 Å². The maximum atomic E-state index is 5.77. The van der Waals surface area contributed by atoms with E-state index in [-0.39, 0.29) is 0 Å². The summed E-state index contributed by atoms with van der Waals surface area (Å²) in [5.41, 5.74) is 1.16. The fourth-order valence-corrected chi connectivity index (χ4v) is 2.21. The van der Waals surface area contributed by atoms with Gasteiger partial charge in [0.25, 0.3) is 0 Å². The summed E-state index contributed by atoms with van der Waals surface area (Å²) in [5.74, 6) is 1.42. The molecule has 0 saturated carbocycles. The second kappa shape index (κ2) is 5.75. The highest BCUT2D eigenvalue weighted by atomic mass is 16.5. The standard InChI is InChI=1S/C16H16N2O2/c1-17-9-12-10-18-16(15-7-3-2-6-14(12)15)20-11-13-5-4-8-19-13/h2-8,10,17H,9,11H2,1H3. The third-order valence-corrected chi connectivity index (χ3v) is 3.14. The zero-order valence-electron chi connectivity index (χ0n) is 11.3. The molecular weight excluding hydrogens is 252 g/mol. The largest absolute Gasteiger partial charge is 0.469 e. The van der Waals surface area contributed by atoms with Crippen LogP contribution < -0.4 is 10.1 Å². The number of nitrogens with zero attached hydrogens (tertiary/aromatic N) is 1. The van der Waals surface area contributed by atoms with Crippen molar-refractivity contribution in [3.63, 3.8) is 0 Å². The molecule has 0 fully saturated rings. The number of furan rings is 1. The molecule has 0 spiro atoms. The Morgan fingerprint density at radius 1 is 1.15 bits per heavy atom. The van der Waals surface area contributed by atoms with Gasteiger partial charge >= 0.3 is 0 Å². The predicted molar refractivity (Wildman–Crippen MR) is 77.5 cm³/mol. The van der Waals surface area contributed by atoms with Crippen molar-refractivity contribution < 1.29 is 9.15 Å². The molecule has 0 unspecified atom stereocenters. The number of aromatic nitrogens is 1. The number of pyridine rings is 1. The molecule has 0 aliphatic carbocycles. The molecule has 0 radical (unpaired) electrons. The maximum Gasteiger partial charge on any atom is 0.221 e. The molecule has 3 rings (SSSR count). The van der Waals surface area contributed by atoms with E-state index in [4.69, 9.17) is 9.15 Å². The predicted octanol–water partition coefficient (Wildman–Crippen LogP) is 3.13. The summed E-state index contributed by atoms with van der Waals surface area (Å²) >= 11 is 0. The molecule has 1 N–H and O–H groups in total. The molecule has 0 atom stereocenters. The molecule has 3 aromatic rings. The Labute approximate surface area is 117 Å². The lowest BCUT2D eigenvalue weighted by atomic mass is 10.1. The summed E-state index contributed by atoms with van der Waals surface area (Å²) < 4.78 is 11.0. The van der Waals surface area contributed by atoms with Gasteiger partial charge in [0.1, 0.15) is 12.4 Å². The van der Waals surface area contributed by atoms with Gasteiger partial charge in [-0.15, -0.1) is 0 Å². The van der Waals surface area contributed by atoms with Gasteiger partial charge in [-0.1, -0.05) is 18.2 Å². The second-order valence-electron chi connectivity index (χ2n) is 4.53. The minimum atomic E-state index is 0.384. The summed E-state index contributed by atoms with van der Waals surface area (Å²) in [5, 5.41) is 5.33. The Morgan fingerprint density at radius 2 is 2.00 bits per heavy atom. The summed E-state index contributed by atoms with van der Waals surface area (Å²) in [7, 11) is 1.93. The van der Waals surface area contributed by atoms with Crippen molar-refractivity contribution in [2.24, 2.45) is 0 Å². The molecule has 1 aromatic carbocycles. The maximum absolute atomic E-state index is 5.77. The van der Waals surface area contributed by atoms with Gasteiger partial charge in [-0.3, -0.25) is 0 Å². The van der Waals surface area contributed by atoms with E-state index in [0.717, 1.165) is 28.6 Å². The Kier molecular flexibility index (Phi) is 3.65. The van der Waals surface area contributed by atoms with Gasteiger partial charge in [0.05, 0.1) is 6.26 Å². The quantitative estimate of drug-likeness (QED) is 0.772. The average molecular weight is 268 g/mol. The molecule has 0 saturated heterocycles. The molecular formula is C16H16N2O2. The third kappa shape index (κ3) is 2.51. The first-order valence-electron chi connectivity index (χ1n) is 6.55. The van der Waals surface area contributed by atoms with Crippen LogP contribution in [0.5, 0.6) is 5.88 Å². The highest BCUT2D eigenvalue weighted by Crippen LogP contribution is 2.26. The van der Waals surface area contributed by atoms with E-state index in [2.05, 4.69) is 16.4 Å². The number of benzene rings is 1. The Bertz CT molecular complexity index is 693. The Hall–Kier alpha value is -2.33. The van der Waals surface area contributed by atoms with Gasteiger partial charge in [0, 0.05) is 18.1 Å². The molecule has 4 heteroatoms. The van der Waals surface area contributed by atoms with E-state index in [9.17, 15) is 0 Å². The molecule has 20 heavy (non-hydrogen) atoms. The first-order chi connectivity index (χ1) is 9.88. The zero-order valence-corrected chi connectivity index (χ0v) is 11.3. The van der Waals surface area contributed by atoms with Gasteiger partial charge in [-0.2, -0.15) is 0 Å². The van der Waals surface area contributed by atoms with E-state index in [0.29, 0.717) is 12.5 Å². The van der Waals surface area contributed by atoms with E-state index < -0.39 is 0 Å². The first kappa shape index (κ1) is 12.7. The van der Waals surface area contributed by atoms with Crippen LogP contribution in [-0.2, 0) is 13.2 Å². The van der Waals surface area contributed by atoms with Crippen LogP contribution in [0.25, 0.3) is 10.8 Å². The number of nitrogens with one attached hydrogen (secondary N) is 1. The second-order valence-corrected chi connectivity index (χ2v) is 4.53. The van der Waals surface area contributed by atoms with Gasteiger partial charge in [0.2, 0.25) is 5.88 Å². The molecule has 4 nitrogen and oxygen atoms in total. The van der Waals surface area contributed by atoms with Crippen LogP contribution in [0.4, 0.5) is 0 Å². The topological polar surface area (TPSA) is 47.3 Å². The molecule has 0 amide bonds. The van der Waals surface area contributed by atoms with Crippen molar-refractivity contribution >= 4 is 10.8 Å². The number of hydrogen-bond donors (Lipinski definition) is 1. The highest BCUT2D eigenvalue weighted by molar-refractivity contribution is 5.89. The number of rotatable bonds is 5. The summed E-state index contributed by atoms with van der Waals surface area (Å²) in [6.45, 7) is 1.17. The van der Waals surface area contributed by atoms with Crippen molar-refractivity contribution in [3.8, 4) is 5.88 Å². The van der Waals surface area contributed by atoms with Gasteiger partial charge in [0.15, 0.2) is 0 Å². The van der Waals surface area contributed by atoms with Crippen LogP contribution in [0, 0.1) is 0 Å². The first-order valence-corrected chi connectivity index (χ1v) is 6.55. The van der Waals surface area contributed by atoms with Crippen LogP contribution in [0.2, 0.25) is 0 Å². The molecule has 0 aliphatic rings. The monoisotopic (exact) mass is 268 g/mol.